The topological polar surface area (TPSA) is 102 Å². The van der Waals surface area contributed by atoms with Crippen LogP contribution < -0.4 is 11.1 Å². The molecule has 1 heterocycles. The van der Waals surface area contributed by atoms with Gasteiger partial charge in [-0.25, -0.2) is 4.68 Å². The molecule has 0 radical (unpaired) electrons. The van der Waals surface area contributed by atoms with E-state index in [0.717, 1.165) is 35.2 Å². The van der Waals surface area contributed by atoms with Gasteiger partial charge in [0.15, 0.2) is 5.82 Å². The summed E-state index contributed by atoms with van der Waals surface area (Å²) in [6.07, 6.45) is 3.58. The molecule has 1 aromatic heterocycles. The highest BCUT2D eigenvalue weighted by molar-refractivity contribution is 5.91. The lowest BCUT2D eigenvalue weighted by Gasteiger charge is -2.15. The highest BCUT2D eigenvalue weighted by atomic mass is 16.5. The van der Waals surface area contributed by atoms with Crippen LogP contribution in [0.4, 0.5) is 17.3 Å². The molecule has 0 unspecified atom stereocenters. The minimum absolute atomic E-state index is 0.435. The average Bonchev–Trinajstić information content (AvgIpc) is 3.49. The second-order valence-electron chi connectivity index (χ2n) is 7.41. The van der Waals surface area contributed by atoms with E-state index < -0.39 is 0 Å². The van der Waals surface area contributed by atoms with Crippen molar-refractivity contribution in [2.45, 2.75) is 32.2 Å². The summed E-state index contributed by atoms with van der Waals surface area (Å²) >= 11 is 0. The van der Waals surface area contributed by atoms with E-state index in [1.165, 1.54) is 11.8 Å². The van der Waals surface area contributed by atoms with E-state index in [2.05, 4.69) is 29.5 Å². The summed E-state index contributed by atoms with van der Waals surface area (Å²) in [4.78, 5) is 4.75. The molecule has 4 rings (SSSR count). The number of aryl methyl sites for hydroxylation is 1. The van der Waals surface area contributed by atoms with Gasteiger partial charge in [0.1, 0.15) is 0 Å². The van der Waals surface area contributed by atoms with Crippen LogP contribution >= 0.6 is 0 Å². The summed E-state index contributed by atoms with van der Waals surface area (Å²) in [5, 5.41) is 15.9. The fourth-order valence-corrected chi connectivity index (χ4v) is 3.45. The van der Waals surface area contributed by atoms with Crippen LogP contribution in [0.5, 0.6) is 0 Å². The van der Waals surface area contributed by atoms with Crippen LogP contribution in [-0.4, -0.2) is 34.7 Å². The molecule has 7 heteroatoms. The number of ether oxygens (including phenoxy) is 1. The van der Waals surface area contributed by atoms with Crippen molar-refractivity contribution >= 4 is 23.5 Å². The summed E-state index contributed by atoms with van der Waals surface area (Å²) in [7, 11) is 1.67. The normalized spacial score (nSPS) is 13.4. The van der Waals surface area contributed by atoms with Gasteiger partial charge in [-0.2, -0.15) is 4.98 Å². The van der Waals surface area contributed by atoms with Crippen LogP contribution in [-0.2, 0) is 11.3 Å². The lowest BCUT2D eigenvalue weighted by molar-refractivity contribution is 0.184. The Morgan fingerprint density at radius 3 is 2.66 bits per heavy atom. The van der Waals surface area contributed by atoms with Gasteiger partial charge in [0.05, 0.1) is 13.2 Å². The largest absolute Gasteiger partial charge is 0.398 e. The minimum atomic E-state index is 0.435. The highest BCUT2D eigenvalue weighted by Gasteiger charge is 2.29. The Bertz CT molecular complexity index is 1020. The lowest BCUT2D eigenvalue weighted by Crippen LogP contribution is -2.11. The van der Waals surface area contributed by atoms with E-state index in [9.17, 15) is 0 Å². The number of nitrogens with zero attached hydrogens (tertiary/aromatic N) is 3. The standard InChI is InChI=1S/C22H26N6O/c1-14-3-5-16(6-4-14)21-26-22(28(27-21)11-12-29-2)25-19-10-9-18(24)17(13-23)20(19)15-7-8-15/h3-6,9-10,13,15,23H,7-8,11-12,24H2,1-2H3,(H,25,26,27). The monoisotopic (exact) mass is 390 g/mol. The number of nitrogens with two attached hydrogens (primary N) is 1. The molecule has 2 aromatic carbocycles. The van der Waals surface area contributed by atoms with E-state index >= 15 is 0 Å². The first-order valence-electron chi connectivity index (χ1n) is 9.81. The van der Waals surface area contributed by atoms with Crippen molar-refractivity contribution in [3.8, 4) is 11.4 Å². The van der Waals surface area contributed by atoms with E-state index in [1.807, 2.05) is 28.9 Å². The molecule has 150 valence electrons. The number of aromatic nitrogens is 3. The van der Waals surface area contributed by atoms with Gasteiger partial charge in [-0.1, -0.05) is 29.8 Å². The molecule has 1 fully saturated rings. The fraction of sp³-hybridized carbons (Fsp3) is 0.318. The van der Waals surface area contributed by atoms with Crippen LogP contribution in [0, 0.1) is 12.3 Å². The third kappa shape index (κ3) is 4.00. The summed E-state index contributed by atoms with van der Waals surface area (Å²) < 4.78 is 7.07. The fourth-order valence-electron chi connectivity index (χ4n) is 3.45. The van der Waals surface area contributed by atoms with E-state index in [4.69, 9.17) is 20.9 Å². The molecule has 0 atom stereocenters. The van der Waals surface area contributed by atoms with Gasteiger partial charge in [-0.3, -0.25) is 0 Å². The Morgan fingerprint density at radius 1 is 1.24 bits per heavy atom. The molecule has 0 spiro atoms. The molecule has 29 heavy (non-hydrogen) atoms. The summed E-state index contributed by atoms with van der Waals surface area (Å²) in [6, 6.07) is 12.0. The van der Waals surface area contributed by atoms with Gasteiger partial charge in [-0.15, -0.1) is 5.10 Å². The summed E-state index contributed by atoms with van der Waals surface area (Å²) in [6.45, 7) is 3.18. The predicted molar refractivity (Wildman–Crippen MR) is 116 cm³/mol. The molecule has 0 bridgehead atoms. The number of methoxy groups -OCH3 is 1. The van der Waals surface area contributed by atoms with Crippen LogP contribution in [0.25, 0.3) is 11.4 Å². The minimum Gasteiger partial charge on any atom is -0.398 e. The van der Waals surface area contributed by atoms with Crippen molar-refractivity contribution in [1.82, 2.24) is 14.8 Å². The van der Waals surface area contributed by atoms with Crippen molar-refractivity contribution in [2.75, 3.05) is 24.8 Å². The number of anilines is 3. The zero-order valence-corrected chi connectivity index (χ0v) is 16.8. The lowest BCUT2D eigenvalue weighted by atomic mass is 10.00. The smallest absolute Gasteiger partial charge is 0.226 e. The Kier molecular flexibility index (Phi) is 5.31. The summed E-state index contributed by atoms with van der Waals surface area (Å²) in [5.74, 6) is 1.75. The molecule has 0 saturated heterocycles. The van der Waals surface area contributed by atoms with Gasteiger partial charge in [0, 0.05) is 35.8 Å². The van der Waals surface area contributed by atoms with E-state index in [0.29, 0.717) is 36.5 Å². The first-order valence-corrected chi connectivity index (χ1v) is 9.81. The first kappa shape index (κ1) is 19.1. The van der Waals surface area contributed by atoms with Crippen molar-refractivity contribution in [3.05, 3.63) is 53.1 Å². The van der Waals surface area contributed by atoms with E-state index in [1.54, 1.807) is 7.11 Å². The van der Waals surface area contributed by atoms with Crippen LogP contribution in [0.2, 0.25) is 0 Å². The van der Waals surface area contributed by atoms with Gasteiger partial charge in [-0.05, 0) is 43.4 Å². The number of hydrogen-bond donors (Lipinski definition) is 3. The molecule has 1 aliphatic carbocycles. The number of hydrogen-bond acceptors (Lipinski definition) is 6. The van der Waals surface area contributed by atoms with Crippen molar-refractivity contribution < 1.29 is 4.74 Å². The maximum absolute atomic E-state index is 7.81. The Hall–Kier alpha value is -3.19. The Balaban J connectivity index is 1.73. The number of benzene rings is 2. The molecular weight excluding hydrogens is 364 g/mol. The second kappa shape index (κ2) is 8.05. The molecular formula is C22H26N6O. The number of rotatable bonds is 8. The molecule has 7 nitrogen and oxygen atoms in total. The molecule has 0 aliphatic heterocycles. The second-order valence-corrected chi connectivity index (χ2v) is 7.41. The Labute approximate surface area is 170 Å². The van der Waals surface area contributed by atoms with Crippen molar-refractivity contribution in [1.29, 1.82) is 5.41 Å². The molecule has 1 saturated carbocycles. The number of nitrogens with one attached hydrogen (secondary N) is 2. The number of nitrogen functional groups attached to an aromatic ring is 1. The quantitative estimate of drug-likeness (QED) is 0.397. The molecule has 0 amide bonds. The zero-order valence-electron chi connectivity index (χ0n) is 16.8. The van der Waals surface area contributed by atoms with Gasteiger partial charge >= 0.3 is 0 Å². The van der Waals surface area contributed by atoms with Crippen LogP contribution in [0.15, 0.2) is 36.4 Å². The molecule has 1 aliphatic rings. The highest BCUT2D eigenvalue weighted by Crippen LogP contribution is 2.46. The van der Waals surface area contributed by atoms with Gasteiger partial charge < -0.3 is 21.2 Å². The van der Waals surface area contributed by atoms with Crippen LogP contribution in [0.1, 0.15) is 35.4 Å². The maximum atomic E-state index is 7.81. The van der Waals surface area contributed by atoms with E-state index in [-0.39, 0.29) is 0 Å². The third-order valence-electron chi connectivity index (χ3n) is 5.19. The van der Waals surface area contributed by atoms with Crippen molar-refractivity contribution in [3.63, 3.8) is 0 Å². The molecule has 4 N–H and O–H groups in total. The Morgan fingerprint density at radius 2 is 2.00 bits per heavy atom. The summed E-state index contributed by atoms with van der Waals surface area (Å²) in [5.41, 5.74) is 11.7. The SMILES string of the molecule is COCCn1nc(-c2ccc(C)cc2)nc1Nc1ccc(N)c(C=N)c1C1CC1. The van der Waals surface area contributed by atoms with Crippen molar-refractivity contribution in [2.24, 2.45) is 0 Å². The predicted octanol–water partition coefficient (Wildman–Crippen LogP) is 4.10. The van der Waals surface area contributed by atoms with Gasteiger partial charge in [0.25, 0.3) is 0 Å². The molecule has 3 aromatic rings. The average molecular weight is 390 g/mol. The first-order chi connectivity index (χ1) is 14.1. The maximum Gasteiger partial charge on any atom is 0.226 e. The third-order valence-corrected chi connectivity index (χ3v) is 5.19. The van der Waals surface area contributed by atoms with Gasteiger partial charge in [0.2, 0.25) is 5.95 Å². The van der Waals surface area contributed by atoms with Crippen LogP contribution in [0.3, 0.4) is 0 Å². The zero-order chi connectivity index (χ0) is 20.4.